The summed E-state index contributed by atoms with van der Waals surface area (Å²) in [4.78, 5) is 30.2. The molecule has 43 heavy (non-hydrogen) atoms. The SMILES string of the molecule is CCOP(=O)(OCC)c1ccc2c(c1)/C(=C(/Nc1ccc(N(C)C(=O)CCN(CC)CC)cc1)c1ccccc1)C(=O)N2. The fourth-order valence-electron chi connectivity index (χ4n) is 5.00. The van der Waals surface area contributed by atoms with E-state index in [9.17, 15) is 14.2 Å². The maximum atomic E-state index is 13.6. The van der Waals surface area contributed by atoms with E-state index in [0.29, 0.717) is 34.2 Å². The third-order valence-electron chi connectivity index (χ3n) is 7.41. The van der Waals surface area contributed by atoms with Crippen LogP contribution in [0.1, 0.15) is 45.2 Å². The first-order valence-corrected chi connectivity index (χ1v) is 16.3. The first kappa shape index (κ1) is 32.2. The number of hydrogen-bond acceptors (Lipinski definition) is 7. The molecule has 3 aromatic carbocycles. The summed E-state index contributed by atoms with van der Waals surface area (Å²) >= 11 is 0. The number of carbonyl (C=O) groups excluding carboxylic acids is 2. The lowest BCUT2D eigenvalue weighted by atomic mass is 10.00. The number of fused-ring (bicyclic) bond motifs is 1. The predicted molar refractivity (Wildman–Crippen MR) is 175 cm³/mol. The van der Waals surface area contributed by atoms with Gasteiger partial charge in [-0.25, -0.2) is 0 Å². The smallest absolute Gasteiger partial charge is 0.354 e. The molecule has 2 amide bonds. The van der Waals surface area contributed by atoms with Crippen molar-refractivity contribution >= 4 is 53.0 Å². The summed E-state index contributed by atoms with van der Waals surface area (Å²) in [5, 5.41) is 6.76. The monoisotopic (exact) mass is 604 g/mol. The van der Waals surface area contributed by atoms with E-state index >= 15 is 0 Å². The van der Waals surface area contributed by atoms with E-state index < -0.39 is 7.60 Å². The van der Waals surface area contributed by atoms with Crippen molar-refractivity contribution in [1.82, 2.24) is 4.90 Å². The average Bonchev–Trinajstić information content (AvgIpc) is 3.35. The molecule has 0 aliphatic carbocycles. The molecule has 0 radical (unpaired) electrons. The molecule has 10 heteroatoms. The van der Waals surface area contributed by atoms with Gasteiger partial charge in [0, 0.05) is 42.6 Å². The molecule has 1 aliphatic heterocycles. The Morgan fingerprint density at radius 2 is 1.56 bits per heavy atom. The minimum absolute atomic E-state index is 0.0473. The molecule has 0 saturated carbocycles. The molecule has 9 nitrogen and oxygen atoms in total. The lowest BCUT2D eigenvalue weighted by Gasteiger charge is -2.22. The van der Waals surface area contributed by atoms with Gasteiger partial charge in [0.05, 0.1) is 29.8 Å². The van der Waals surface area contributed by atoms with Gasteiger partial charge in [-0.15, -0.1) is 0 Å². The van der Waals surface area contributed by atoms with Crippen molar-refractivity contribution in [3.63, 3.8) is 0 Å². The summed E-state index contributed by atoms with van der Waals surface area (Å²) in [6, 6.07) is 22.2. The van der Waals surface area contributed by atoms with Gasteiger partial charge in [0.1, 0.15) is 0 Å². The molecule has 1 aliphatic rings. The van der Waals surface area contributed by atoms with Gasteiger partial charge in [0.25, 0.3) is 5.91 Å². The van der Waals surface area contributed by atoms with Crippen LogP contribution >= 0.6 is 7.60 Å². The molecule has 1 heterocycles. The van der Waals surface area contributed by atoms with Gasteiger partial charge < -0.3 is 29.5 Å². The second kappa shape index (κ2) is 14.6. The fraction of sp³-hybridized carbons (Fsp3) is 0.333. The van der Waals surface area contributed by atoms with Gasteiger partial charge in [0.15, 0.2) is 0 Å². The van der Waals surface area contributed by atoms with Crippen LogP contribution in [-0.4, -0.2) is 56.6 Å². The Balaban J connectivity index is 1.69. The van der Waals surface area contributed by atoms with Gasteiger partial charge >= 0.3 is 7.60 Å². The first-order chi connectivity index (χ1) is 20.7. The van der Waals surface area contributed by atoms with Gasteiger partial charge in [0.2, 0.25) is 5.91 Å². The Morgan fingerprint density at radius 1 is 0.907 bits per heavy atom. The summed E-state index contributed by atoms with van der Waals surface area (Å²) in [7, 11) is -1.79. The Morgan fingerprint density at radius 3 is 2.16 bits per heavy atom. The molecule has 0 fully saturated rings. The van der Waals surface area contributed by atoms with Crippen LogP contribution in [0, 0.1) is 0 Å². The van der Waals surface area contributed by atoms with Crippen LogP contribution in [0.15, 0.2) is 72.8 Å². The fourth-order valence-corrected chi connectivity index (χ4v) is 6.60. The number of hydrogen-bond donors (Lipinski definition) is 2. The number of carbonyl (C=O) groups is 2. The lowest BCUT2D eigenvalue weighted by molar-refractivity contribution is -0.118. The number of nitrogens with one attached hydrogen (secondary N) is 2. The molecular formula is C33H41N4O5P. The summed E-state index contributed by atoms with van der Waals surface area (Å²) < 4.78 is 24.7. The molecule has 0 atom stereocenters. The molecule has 228 valence electrons. The predicted octanol–water partition coefficient (Wildman–Crippen LogP) is 6.21. The lowest BCUT2D eigenvalue weighted by Crippen LogP contribution is -2.32. The molecule has 0 saturated heterocycles. The second-order valence-electron chi connectivity index (χ2n) is 10.0. The Labute approximate surface area is 254 Å². The van der Waals surface area contributed by atoms with Crippen LogP contribution in [0.4, 0.5) is 17.1 Å². The van der Waals surface area contributed by atoms with Crippen molar-refractivity contribution in [1.29, 1.82) is 0 Å². The highest BCUT2D eigenvalue weighted by Crippen LogP contribution is 2.48. The molecule has 0 aromatic heterocycles. The molecular weight excluding hydrogens is 563 g/mol. The van der Waals surface area contributed by atoms with Gasteiger partial charge in [-0.05, 0) is 75.0 Å². The topological polar surface area (TPSA) is 100 Å². The zero-order chi connectivity index (χ0) is 31.0. The summed E-state index contributed by atoms with van der Waals surface area (Å²) in [6.45, 7) is 10.7. The van der Waals surface area contributed by atoms with Crippen molar-refractivity contribution in [2.24, 2.45) is 0 Å². The van der Waals surface area contributed by atoms with Crippen LogP contribution < -0.4 is 20.8 Å². The zero-order valence-electron chi connectivity index (χ0n) is 25.6. The number of benzene rings is 3. The largest absolute Gasteiger partial charge is 0.361 e. The highest BCUT2D eigenvalue weighted by molar-refractivity contribution is 7.62. The van der Waals surface area contributed by atoms with E-state index in [-0.39, 0.29) is 25.0 Å². The van der Waals surface area contributed by atoms with Gasteiger partial charge in [-0.1, -0.05) is 44.2 Å². The van der Waals surface area contributed by atoms with Crippen molar-refractivity contribution in [2.75, 3.05) is 55.4 Å². The minimum Gasteiger partial charge on any atom is -0.354 e. The van der Waals surface area contributed by atoms with E-state index in [1.54, 1.807) is 44.0 Å². The molecule has 4 rings (SSSR count). The van der Waals surface area contributed by atoms with Crippen molar-refractivity contribution < 1.29 is 23.2 Å². The third-order valence-corrected chi connectivity index (χ3v) is 9.52. The van der Waals surface area contributed by atoms with Gasteiger partial charge in [-0.2, -0.15) is 0 Å². The zero-order valence-corrected chi connectivity index (χ0v) is 26.4. The van der Waals surface area contributed by atoms with Crippen molar-refractivity contribution in [3.05, 3.63) is 83.9 Å². The van der Waals surface area contributed by atoms with Gasteiger partial charge in [-0.3, -0.25) is 14.2 Å². The highest BCUT2D eigenvalue weighted by Gasteiger charge is 2.33. The maximum Gasteiger partial charge on any atom is 0.361 e. The van der Waals surface area contributed by atoms with Crippen LogP contribution in [0.2, 0.25) is 0 Å². The molecule has 3 aromatic rings. The van der Waals surface area contributed by atoms with E-state index in [4.69, 9.17) is 9.05 Å². The third kappa shape index (κ3) is 7.43. The summed E-state index contributed by atoms with van der Waals surface area (Å²) in [5.74, 6) is -0.234. The Hall–Kier alpha value is -3.75. The standard InChI is InChI=1S/C33H41N4O5P/c1-6-37(7-2)22-21-30(38)36(5)26-17-15-25(16-18-26)34-32(24-13-11-10-12-14-24)31-28-23-27(19-20-29(28)35-33(31)39)43(40,41-8-3)42-9-4/h10-20,23,34H,6-9,21-22H2,1-5H3,(H,35,39)/b32-31-. The van der Waals surface area contributed by atoms with E-state index in [0.717, 1.165) is 36.6 Å². The van der Waals surface area contributed by atoms with Crippen LogP contribution in [0.25, 0.3) is 11.3 Å². The normalized spacial score (nSPS) is 14.0. The summed E-state index contributed by atoms with van der Waals surface area (Å²) in [5.41, 5.74) is 4.54. The van der Waals surface area contributed by atoms with Crippen molar-refractivity contribution in [3.8, 4) is 0 Å². The Bertz CT molecular complexity index is 1490. The quantitative estimate of drug-likeness (QED) is 0.167. The maximum absolute atomic E-state index is 13.6. The van der Waals surface area contributed by atoms with Crippen LogP contribution in [0.5, 0.6) is 0 Å². The van der Waals surface area contributed by atoms with E-state index in [1.807, 2.05) is 54.6 Å². The average molecular weight is 605 g/mol. The Kier molecular flexibility index (Phi) is 10.9. The molecule has 0 unspecified atom stereocenters. The number of nitrogens with zero attached hydrogens (tertiary/aromatic N) is 2. The minimum atomic E-state index is -3.57. The van der Waals surface area contributed by atoms with E-state index in [2.05, 4.69) is 29.4 Å². The number of amides is 2. The highest BCUT2D eigenvalue weighted by atomic mass is 31.2. The van der Waals surface area contributed by atoms with Crippen LogP contribution in [0.3, 0.4) is 0 Å². The molecule has 2 N–H and O–H groups in total. The van der Waals surface area contributed by atoms with Crippen molar-refractivity contribution in [2.45, 2.75) is 34.1 Å². The first-order valence-electron chi connectivity index (χ1n) is 14.8. The molecule has 0 bridgehead atoms. The summed E-state index contributed by atoms with van der Waals surface area (Å²) in [6.07, 6.45) is 0.443. The number of rotatable bonds is 14. The second-order valence-corrected chi connectivity index (χ2v) is 12.1. The van der Waals surface area contributed by atoms with E-state index in [1.165, 1.54) is 0 Å². The molecule has 0 spiro atoms. The number of anilines is 3. The van der Waals surface area contributed by atoms with Crippen LogP contribution in [-0.2, 0) is 23.2 Å².